The summed E-state index contributed by atoms with van der Waals surface area (Å²) in [5.41, 5.74) is -0.294. The molecule has 0 saturated carbocycles. The summed E-state index contributed by atoms with van der Waals surface area (Å²) in [6.45, 7) is 0.314. The molecule has 0 N–H and O–H groups in total. The standard InChI is InChI=1S/C26H19F2N3O3/c1-30-25(33)31(23(32)15-26(30)10-12-34-22-7-3-2-6-19(22)26)24-20(27)13-18(14-21(24)28)9-8-17-5-4-11-29-16-17/h2-7,11,13-14,16H,10,12,15H2,1H3/t26-/m0/s1. The molecule has 170 valence electrons. The van der Waals surface area contributed by atoms with Crippen molar-refractivity contribution in [1.82, 2.24) is 9.88 Å². The smallest absolute Gasteiger partial charge is 0.332 e. The van der Waals surface area contributed by atoms with Crippen molar-refractivity contribution < 1.29 is 23.1 Å². The topological polar surface area (TPSA) is 62.7 Å². The van der Waals surface area contributed by atoms with Gasteiger partial charge in [0.15, 0.2) is 11.6 Å². The summed E-state index contributed by atoms with van der Waals surface area (Å²) in [6.07, 6.45) is 3.38. The lowest BCUT2D eigenvalue weighted by atomic mass is 9.78. The average Bonchev–Trinajstić information content (AvgIpc) is 2.84. The van der Waals surface area contributed by atoms with E-state index in [1.165, 1.54) is 18.1 Å². The monoisotopic (exact) mass is 459 g/mol. The summed E-state index contributed by atoms with van der Waals surface area (Å²) in [4.78, 5) is 32.4. The maximum atomic E-state index is 15.1. The zero-order valence-electron chi connectivity index (χ0n) is 18.2. The molecular weight excluding hydrogens is 440 g/mol. The highest BCUT2D eigenvalue weighted by atomic mass is 19.1. The Hall–Kier alpha value is -4.25. The third-order valence-electron chi connectivity index (χ3n) is 6.23. The van der Waals surface area contributed by atoms with Gasteiger partial charge in [0, 0.05) is 42.6 Å². The van der Waals surface area contributed by atoms with Gasteiger partial charge in [0.05, 0.1) is 18.6 Å². The predicted octanol–water partition coefficient (Wildman–Crippen LogP) is 4.23. The van der Waals surface area contributed by atoms with Crippen molar-refractivity contribution in [3.05, 3.63) is 89.2 Å². The zero-order valence-corrected chi connectivity index (χ0v) is 18.2. The Kier molecular flexibility index (Phi) is 5.25. The van der Waals surface area contributed by atoms with Gasteiger partial charge in [0.2, 0.25) is 5.91 Å². The molecule has 0 radical (unpaired) electrons. The van der Waals surface area contributed by atoms with Crippen LogP contribution in [0.2, 0.25) is 0 Å². The van der Waals surface area contributed by atoms with Gasteiger partial charge in [-0.15, -0.1) is 0 Å². The summed E-state index contributed by atoms with van der Waals surface area (Å²) in [5.74, 6) is 3.26. The van der Waals surface area contributed by atoms with Crippen LogP contribution in [0.1, 0.15) is 29.5 Å². The highest BCUT2D eigenvalue weighted by Crippen LogP contribution is 2.47. The number of ether oxygens (including phenoxy) is 1. The molecule has 1 atom stereocenters. The molecular formula is C26H19F2N3O3. The lowest BCUT2D eigenvalue weighted by Crippen LogP contribution is -2.62. The first-order valence-electron chi connectivity index (χ1n) is 10.6. The molecule has 1 spiro atoms. The Balaban J connectivity index is 1.50. The second-order valence-corrected chi connectivity index (χ2v) is 8.15. The number of nitrogens with zero attached hydrogens (tertiary/aromatic N) is 3. The SMILES string of the molecule is CN1C(=O)N(c2c(F)cc(C#Cc3cccnc3)cc2F)C(=O)C[C@]12CCOc1ccccc12. The Bertz CT molecular complexity index is 1340. The van der Waals surface area contributed by atoms with Crippen molar-refractivity contribution in [2.45, 2.75) is 18.4 Å². The minimum atomic E-state index is -1.05. The maximum Gasteiger partial charge on any atom is 0.332 e. The van der Waals surface area contributed by atoms with Crippen LogP contribution in [-0.4, -0.2) is 35.5 Å². The van der Waals surface area contributed by atoms with Gasteiger partial charge in [-0.2, -0.15) is 0 Å². The van der Waals surface area contributed by atoms with E-state index in [0.717, 1.165) is 12.1 Å². The summed E-state index contributed by atoms with van der Waals surface area (Å²) in [7, 11) is 1.54. The molecule has 2 aliphatic rings. The van der Waals surface area contributed by atoms with E-state index in [-0.39, 0.29) is 12.0 Å². The second kappa shape index (κ2) is 8.27. The molecule has 0 aliphatic carbocycles. The number of hydrogen-bond acceptors (Lipinski definition) is 4. The highest BCUT2D eigenvalue weighted by Gasteiger charge is 2.52. The molecule has 1 fully saturated rings. The number of fused-ring (bicyclic) bond motifs is 2. The number of carbonyl (C=O) groups is 2. The number of hydrogen-bond donors (Lipinski definition) is 0. The Morgan fingerprint density at radius 1 is 1.03 bits per heavy atom. The van der Waals surface area contributed by atoms with Crippen molar-refractivity contribution in [3.63, 3.8) is 0 Å². The van der Waals surface area contributed by atoms with E-state index in [9.17, 15) is 9.59 Å². The van der Waals surface area contributed by atoms with Crippen LogP contribution in [-0.2, 0) is 10.3 Å². The number of benzene rings is 2. The molecule has 34 heavy (non-hydrogen) atoms. The fourth-order valence-corrected chi connectivity index (χ4v) is 4.51. The lowest BCUT2D eigenvalue weighted by molar-refractivity contribution is -0.123. The van der Waals surface area contributed by atoms with Gasteiger partial charge in [-0.3, -0.25) is 9.78 Å². The quantitative estimate of drug-likeness (QED) is 0.511. The summed E-state index contributed by atoms with van der Waals surface area (Å²) >= 11 is 0. The summed E-state index contributed by atoms with van der Waals surface area (Å²) < 4.78 is 35.8. The Morgan fingerprint density at radius 2 is 1.76 bits per heavy atom. The van der Waals surface area contributed by atoms with Crippen LogP contribution in [0.4, 0.5) is 19.3 Å². The van der Waals surface area contributed by atoms with Crippen molar-refractivity contribution >= 4 is 17.6 Å². The van der Waals surface area contributed by atoms with Gasteiger partial charge in [-0.05, 0) is 30.3 Å². The van der Waals surface area contributed by atoms with Gasteiger partial charge >= 0.3 is 6.03 Å². The van der Waals surface area contributed by atoms with E-state index < -0.39 is 34.8 Å². The first-order valence-corrected chi connectivity index (χ1v) is 10.6. The van der Waals surface area contributed by atoms with E-state index in [2.05, 4.69) is 16.8 Å². The van der Waals surface area contributed by atoms with Gasteiger partial charge in [-0.1, -0.05) is 30.0 Å². The predicted molar refractivity (Wildman–Crippen MR) is 120 cm³/mol. The maximum absolute atomic E-state index is 15.1. The number of carbonyl (C=O) groups excluding carboxylic acids is 2. The molecule has 0 unspecified atom stereocenters. The third kappa shape index (κ3) is 3.46. The molecule has 1 saturated heterocycles. The van der Waals surface area contributed by atoms with E-state index in [1.807, 2.05) is 0 Å². The average molecular weight is 459 g/mol. The molecule has 0 bridgehead atoms. The zero-order chi connectivity index (χ0) is 23.9. The Morgan fingerprint density at radius 3 is 2.50 bits per heavy atom. The van der Waals surface area contributed by atoms with Gasteiger partial charge < -0.3 is 9.64 Å². The number of anilines is 1. The van der Waals surface area contributed by atoms with Crippen LogP contribution in [0, 0.1) is 23.5 Å². The summed E-state index contributed by atoms with van der Waals surface area (Å²) in [5, 5.41) is 0. The first-order chi connectivity index (χ1) is 16.4. The molecule has 1 aromatic heterocycles. The van der Waals surface area contributed by atoms with Crippen molar-refractivity contribution in [2.24, 2.45) is 0 Å². The molecule has 6 nitrogen and oxygen atoms in total. The van der Waals surface area contributed by atoms with E-state index in [0.29, 0.717) is 34.8 Å². The largest absolute Gasteiger partial charge is 0.493 e. The number of rotatable bonds is 1. The van der Waals surface area contributed by atoms with Crippen LogP contribution in [0.3, 0.4) is 0 Å². The number of amides is 3. The summed E-state index contributed by atoms with van der Waals surface area (Å²) in [6, 6.07) is 11.8. The number of halogens is 2. The van der Waals surface area contributed by atoms with Crippen molar-refractivity contribution in [2.75, 3.05) is 18.6 Å². The molecule has 3 aromatic rings. The number of para-hydroxylation sites is 1. The molecule has 2 aliphatic heterocycles. The molecule has 5 rings (SSSR count). The van der Waals surface area contributed by atoms with Crippen molar-refractivity contribution in [1.29, 1.82) is 0 Å². The normalized spacial score (nSPS) is 19.4. The van der Waals surface area contributed by atoms with E-state index >= 15 is 8.78 Å². The lowest BCUT2D eigenvalue weighted by Gasteiger charge is -2.49. The number of aromatic nitrogens is 1. The van der Waals surface area contributed by atoms with E-state index in [4.69, 9.17) is 4.74 Å². The van der Waals surface area contributed by atoms with Crippen LogP contribution < -0.4 is 9.64 Å². The highest BCUT2D eigenvalue weighted by molar-refractivity contribution is 6.16. The number of pyridine rings is 1. The molecule has 3 heterocycles. The molecule has 3 amide bonds. The van der Waals surface area contributed by atoms with Gasteiger partial charge in [-0.25, -0.2) is 18.5 Å². The van der Waals surface area contributed by atoms with Crippen LogP contribution in [0.15, 0.2) is 60.9 Å². The minimum Gasteiger partial charge on any atom is -0.493 e. The fraction of sp³-hybridized carbons (Fsp3) is 0.192. The fourth-order valence-electron chi connectivity index (χ4n) is 4.51. The van der Waals surface area contributed by atoms with Gasteiger partial charge in [0.25, 0.3) is 0 Å². The Labute approximate surface area is 194 Å². The molecule has 8 heteroatoms. The van der Waals surface area contributed by atoms with Gasteiger partial charge in [0.1, 0.15) is 11.4 Å². The van der Waals surface area contributed by atoms with Crippen LogP contribution in [0.25, 0.3) is 0 Å². The first kappa shape index (κ1) is 21.6. The third-order valence-corrected chi connectivity index (χ3v) is 6.23. The molecule has 2 aromatic carbocycles. The van der Waals surface area contributed by atoms with E-state index in [1.54, 1.807) is 42.6 Å². The van der Waals surface area contributed by atoms with Crippen LogP contribution >= 0.6 is 0 Å². The minimum absolute atomic E-state index is 0.0719. The van der Waals surface area contributed by atoms with Crippen molar-refractivity contribution in [3.8, 4) is 17.6 Å². The second-order valence-electron chi connectivity index (χ2n) is 8.15. The van der Waals surface area contributed by atoms with Crippen LogP contribution in [0.5, 0.6) is 5.75 Å². The number of urea groups is 1. The number of imide groups is 1.